The number of hydrogen-bond acceptors (Lipinski definition) is 5. The molecule has 0 saturated carbocycles. The van der Waals surface area contributed by atoms with Crippen LogP contribution in [0.4, 0.5) is 0 Å². The van der Waals surface area contributed by atoms with E-state index in [1.165, 1.54) is 36.0 Å². The van der Waals surface area contributed by atoms with Gasteiger partial charge in [-0.15, -0.1) is 0 Å². The number of aromatic nitrogens is 1. The Morgan fingerprint density at radius 1 is 0.977 bits per heavy atom. The Balaban J connectivity index is 1.50. The number of nitrogens with two attached hydrogens (primary N) is 1. The summed E-state index contributed by atoms with van der Waals surface area (Å²) in [7, 11) is 1.87. The van der Waals surface area contributed by atoms with Crippen LogP contribution < -0.4 is 5.73 Å². The molecule has 44 heavy (non-hydrogen) atoms. The van der Waals surface area contributed by atoms with Gasteiger partial charge in [0.2, 0.25) is 5.91 Å². The van der Waals surface area contributed by atoms with Crippen LogP contribution in [0.15, 0.2) is 42.6 Å². The molecule has 238 valence electrons. The summed E-state index contributed by atoms with van der Waals surface area (Å²) in [6.45, 7) is 12.5. The summed E-state index contributed by atoms with van der Waals surface area (Å²) in [6, 6.07) is 12.2. The molecule has 2 aliphatic heterocycles. The number of rotatable bonds is 11. The molecular formula is C37H53N5O2. The van der Waals surface area contributed by atoms with E-state index in [4.69, 9.17) is 5.73 Å². The van der Waals surface area contributed by atoms with Gasteiger partial charge in [0.15, 0.2) is 5.78 Å². The van der Waals surface area contributed by atoms with Crippen molar-refractivity contribution >= 4 is 22.6 Å². The smallest absolute Gasteiger partial charge is 0.242 e. The number of nitrogens with zero attached hydrogens (tertiary/aromatic N) is 3. The number of H-pyrrole nitrogens is 1. The molecule has 7 nitrogen and oxygen atoms in total. The topological polar surface area (TPSA) is 85.7 Å². The first-order chi connectivity index (χ1) is 21.2. The molecule has 7 heteroatoms. The molecule has 1 aromatic heterocycles. The van der Waals surface area contributed by atoms with E-state index < -0.39 is 11.6 Å². The van der Waals surface area contributed by atoms with Crippen molar-refractivity contribution < 1.29 is 9.59 Å². The summed E-state index contributed by atoms with van der Waals surface area (Å²) < 4.78 is 0. The van der Waals surface area contributed by atoms with E-state index in [0.29, 0.717) is 18.2 Å². The third kappa shape index (κ3) is 6.24. The van der Waals surface area contributed by atoms with Crippen LogP contribution >= 0.6 is 0 Å². The summed E-state index contributed by atoms with van der Waals surface area (Å²) in [5.41, 5.74) is 12.7. The predicted octanol–water partition coefficient (Wildman–Crippen LogP) is 5.58. The lowest BCUT2D eigenvalue weighted by Crippen LogP contribution is -2.67. The van der Waals surface area contributed by atoms with E-state index in [1.807, 2.05) is 37.5 Å². The molecule has 0 spiro atoms. The van der Waals surface area contributed by atoms with Crippen molar-refractivity contribution in [3.05, 3.63) is 70.4 Å². The lowest BCUT2D eigenvalue weighted by Gasteiger charge is -2.47. The van der Waals surface area contributed by atoms with Crippen LogP contribution in [-0.2, 0) is 40.9 Å². The van der Waals surface area contributed by atoms with Gasteiger partial charge in [-0.3, -0.25) is 14.5 Å². The molecule has 0 bridgehead atoms. The average Bonchev–Trinajstić information content (AvgIpc) is 3.49. The number of Topliss-reactive ketones (excluding diaryl/α,β-unsaturated/α-hetero) is 1. The quantitative estimate of drug-likeness (QED) is 0.301. The first-order valence-electron chi connectivity index (χ1n) is 17.0. The summed E-state index contributed by atoms with van der Waals surface area (Å²) in [5, 5.41) is 0.893. The van der Waals surface area contributed by atoms with E-state index in [0.717, 1.165) is 74.7 Å². The maximum atomic E-state index is 14.8. The number of carbonyl (C=O) groups is 2. The molecule has 2 atom stereocenters. The van der Waals surface area contributed by atoms with Gasteiger partial charge >= 0.3 is 0 Å². The third-order valence-corrected chi connectivity index (χ3v) is 10.5. The number of benzene rings is 2. The Kier molecular flexibility index (Phi) is 10.3. The van der Waals surface area contributed by atoms with Gasteiger partial charge in [-0.2, -0.15) is 0 Å². The van der Waals surface area contributed by atoms with E-state index >= 15 is 0 Å². The van der Waals surface area contributed by atoms with Gasteiger partial charge in [0, 0.05) is 55.4 Å². The molecule has 3 aromatic rings. The lowest BCUT2D eigenvalue weighted by molar-refractivity contribution is -0.145. The van der Waals surface area contributed by atoms with Gasteiger partial charge in [0.25, 0.3) is 0 Å². The molecule has 2 aliphatic rings. The fraction of sp³-hybridized carbons (Fsp3) is 0.568. The Morgan fingerprint density at radius 2 is 1.61 bits per heavy atom. The molecule has 2 unspecified atom stereocenters. The van der Waals surface area contributed by atoms with Crippen LogP contribution in [0, 0.1) is 0 Å². The molecule has 0 radical (unpaired) electrons. The number of nitrogens with one attached hydrogen (secondary N) is 1. The van der Waals surface area contributed by atoms with Crippen molar-refractivity contribution in [2.45, 2.75) is 103 Å². The highest BCUT2D eigenvalue weighted by Crippen LogP contribution is 2.36. The number of aromatic amines is 1. The fourth-order valence-electron chi connectivity index (χ4n) is 7.98. The molecule has 2 fully saturated rings. The van der Waals surface area contributed by atoms with Crippen molar-refractivity contribution in [1.82, 2.24) is 19.7 Å². The maximum Gasteiger partial charge on any atom is 0.242 e. The lowest BCUT2D eigenvalue weighted by atomic mass is 9.77. The predicted molar refractivity (Wildman–Crippen MR) is 180 cm³/mol. The van der Waals surface area contributed by atoms with Crippen LogP contribution in [0.3, 0.4) is 0 Å². The van der Waals surface area contributed by atoms with Crippen molar-refractivity contribution in [1.29, 1.82) is 0 Å². The molecular weight excluding hydrogens is 546 g/mol. The molecule has 3 heterocycles. The minimum atomic E-state index is -1.50. The first kappa shape index (κ1) is 32.4. The van der Waals surface area contributed by atoms with Crippen molar-refractivity contribution in [2.75, 3.05) is 33.2 Å². The number of piperidine rings is 2. The summed E-state index contributed by atoms with van der Waals surface area (Å²) >= 11 is 0. The Bertz CT molecular complexity index is 1420. The zero-order valence-electron chi connectivity index (χ0n) is 27.6. The van der Waals surface area contributed by atoms with E-state index in [-0.39, 0.29) is 11.7 Å². The van der Waals surface area contributed by atoms with Gasteiger partial charge in [-0.1, -0.05) is 57.5 Å². The Labute approximate surface area is 264 Å². The summed E-state index contributed by atoms with van der Waals surface area (Å²) in [6.07, 6.45) is 10.6. The zero-order valence-corrected chi connectivity index (χ0v) is 27.6. The van der Waals surface area contributed by atoms with Crippen LogP contribution in [0.1, 0.15) is 87.6 Å². The number of likely N-dealkylation sites (tertiary alicyclic amines) is 2. The molecule has 2 saturated heterocycles. The van der Waals surface area contributed by atoms with Crippen LogP contribution in [0.25, 0.3) is 10.9 Å². The molecule has 1 amide bonds. The molecule has 5 rings (SSSR count). The molecule has 3 N–H and O–H groups in total. The zero-order chi connectivity index (χ0) is 31.4. The minimum Gasteiger partial charge on any atom is -0.361 e. The van der Waals surface area contributed by atoms with E-state index in [9.17, 15) is 9.59 Å². The number of para-hydroxylation sites is 1. The molecule has 0 aliphatic carbocycles. The number of carbonyl (C=O) groups excluding carboxylic acids is 2. The van der Waals surface area contributed by atoms with Crippen LogP contribution in [0.5, 0.6) is 0 Å². The third-order valence-electron chi connectivity index (χ3n) is 10.5. The highest BCUT2D eigenvalue weighted by Gasteiger charge is 2.51. The second-order valence-corrected chi connectivity index (χ2v) is 13.1. The standard InChI is InChI=1S/C37H53N5O2/c1-6-28-22-27(23-29(7-2)31(28)8-3)25-40(5)36(44)35(42-20-16-30(17-21-42)41-18-12-9-13-19-41)37(38,26(4)43)33-24-39-34-15-11-10-14-32(33)34/h10-11,14-15,22-24,30,35,39H,6-9,12-13,16-21,25,38H2,1-5H3. The van der Waals surface area contributed by atoms with Gasteiger partial charge < -0.3 is 20.5 Å². The van der Waals surface area contributed by atoms with Crippen LogP contribution in [-0.4, -0.2) is 76.7 Å². The van der Waals surface area contributed by atoms with Crippen molar-refractivity contribution in [3.8, 4) is 0 Å². The van der Waals surface area contributed by atoms with Gasteiger partial charge in [-0.25, -0.2) is 0 Å². The Hall–Kier alpha value is -3.00. The Morgan fingerprint density at radius 3 is 2.20 bits per heavy atom. The number of aryl methyl sites for hydroxylation is 2. The summed E-state index contributed by atoms with van der Waals surface area (Å²) in [4.78, 5) is 38.5. The first-order valence-corrected chi connectivity index (χ1v) is 17.0. The molecule has 2 aromatic carbocycles. The van der Waals surface area contributed by atoms with Gasteiger partial charge in [-0.05, 0) is 93.3 Å². The van der Waals surface area contributed by atoms with Crippen molar-refractivity contribution in [3.63, 3.8) is 0 Å². The van der Waals surface area contributed by atoms with Crippen molar-refractivity contribution in [2.24, 2.45) is 5.73 Å². The number of hydrogen-bond donors (Lipinski definition) is 2. The minimum absolute atomic E-state index is 0.0972. The monoisotopic (exact) mass is 599 g/mol. The number of ketones is 1. The van der Waals surface area contributed by atoms with Crippen LogP contribution in [0.2, 0.25) is 0 Å². The SMILES string of the molecule is CCc1cc(CN(C)C(=O)C(N2CCC(N3CCCCC3)CC2)C(N)(C(C)=O)c2c[nH]c3ccccc23)cc(CC)c1CC. The second kappa shape index (κ2) is 14.0. The maximum absolute atomic E-state index is 14.8. The fourth-order valence-corrected chi connectivity index (χ4v) is 7.98. The average molecular weight is 600 g/mol. The highest BCUT2D eigenvalue weighted by molar-refractivity contribution is 6.00. The highest BCUT2D eigenvalue weighted by atomic mass is 16.2. The normalized spacial score (nSPS) is 19.1. The number of amides is 1. The van der Waals surface area contributed by atoms with E-state index in [2.05, 4.69) is 47.7 Å². The second-order valence-electron chi connectivity index (χ2n) is 13.1. The largest absolute Gasteiger partial charge is 0.361 e. The van der Waals surface area contributed by atoms with Gasteiger partial charge in [0.1, 0.15) is 11.6 Å². The van der Waals surface area contributed by atoms with Gasteiger partial charge in [0.05, 0.1) is 0 Å². The summed E-state index contributed by atoms with van der Waals surface area (Å²) in [5.74, 6) is -0.291. The number of fused-ring (bicyclic) bond motifs is 1. The van der Waals surface area contributed by atoms with E-state index in [1.54, 1.807) is 11.8 Å². The number of likely N-dealkylation sites (N-methyl/N-ethyl adjacent to an activating group) is 1.